The molecule has 0 N–H and O–H groups in total. The fraction of sp³-hybridized carbons (Fsp3) is 0.588. The largest absolute Gasteiger partial charge is 0.377 e. The number of methoxy groups -OCH3 is 1. The molecule has 0 amide bonds. The van der Waals surface area contributed by atoms with E-state index in [2.05, 4.69) is 42.4 Å². The highest BCUT2D eigenvalue weighted by molar-refractivity contribution is 5.37. The van der Waals surface area contributed by atoms with Crippen LogP contribution in [-0.4, -0.2) is 57.7 Å². The Labute approximate surface area is 143 Å². The fourth-order valence-electron chi connectivity index (χ4n) is 3.10. The van der Waals surface area contributed by atoms with Gasteiger partial charge in [-0.3, -0.25) is 4.90 Å². The summed E-state index contributed by atoms with van der Waals surface area (Å²) in [7, 11) is 1.67. The second-order valence-electron chi connectivity index (χ2n) is 6.01. The van der Waals surface area contributed by atoms with Crippen molar-refractivity contribution in [2.75, 3.05) is 38.2 Å². The number of hydrogen-bond acceptors (Lipinski definition) is 6. The van der Waals surface area contributed by atoms with E-state index in [1.165, 1.54) is 0 Å². The minimum atomic E-state index is 0.452. The van der Waals surface area contributed by atoms with Gasteiger partial charge in [-0.1, -0.05) is 0 Å². The van der Waals surface area contributed by atoms with Crippen LogP contribution in [-0.2, 0) is 24.4 Å². The van der Waals surface area contributed by atoms with Gasteiger partial charge in [0.2, 0.25) is 0 Å². The molecule has 2 aromatic rings. The first-order valence-electron chi connectivity index (χ1n) is 8.58. The van der Waals surface area contributed by atoms with Crippen LogP contribution in [0.2, 0.25) is 0 Å². The van der Waals surface area contributed by atoms with Crippen LogP contribution in [0.1, 0.15) is 25.0 Å². The molecule has 0 radical (unpaired) electrons. The number of aromatic nitrogens is 4. The smallest absolute Gasteiger partial charge is 0.156 e. The summed E-state index contributed by atoms with van der Waals surface area (Å²) in [5, 5.41) is 0. The van der Waals surface area contributed by atoms with E-state index in [9.17, 15) is 0 Å². The lowest BCUT2D eigenvalue weighted by Gasteiger charge is -2.23. The summed E-state index contributed by atoms with van der Waals surface area (Å²) in [5.74, 6) is 2.88. The second kappa shape index (κ2) is 8.21. The number of nitrogens with zero attached hydrogens (tertiary/aromatic N) is 6. The van der Waals surface area contributed by atoms with E-state index in [0.29, 0.717) is 6.61 Å². The van der Waals surface area contributed by atoms with Crippen molar-refractivity contribution in [3.8, 4) is 0 Å². The Bertz CT molecular complexity index is 644. The van der Waals surface area contributed by atoms with Crippen molar-refractivity contribution in [1.29, 1.82) is 0 Å². The summed E-state index contributed by atoms with van der Waals surface area (Å²) in [5.41, 5.74) is 0. The normalized spacial score (nSPS) is 16.3. The van der Waals surface area contributed by atoms with Crippen LogP contribution in [0.15, 0.2) is 24.7 Å². The lowest BCUT2D eigenvalue weighted by atomic mass is 10.3. The van der Waals surface area contributed by atoms with Crippen molar-refractivity contribution in [2.45, 2.75) is 33.0 Å². The zero-order valence-corrected chi connectivity index (χ0v) is 14.6. The molecule has 130 valence electrons. The molecule has 7 heteroatoms. The second-order valence-corrected chi connectivity index (χ2v) is 6.01. The van der Waals surface area contributed by atoms with Gasteiger partial charge in [-0.2, -0.15) is 0 Å². The van der Waals surface area contributed by atoms with Crippen LogP contribution in [0.5, 0.6) is 0 Å². The molecule has 0 atom stereocenters. The van der Waals surface area contributed by atoms with E-state index in [0.717, 1.165) is 63.2 Å². The molecule has 7 nitrogen and oxygen atoms in total. The average molecular weight is 330 g/mol. The third-order valence-electron chi connectivity index (χ3n) is 4.38. The molecule has 1 aliphatic heterocycles. The Hall–Kier alpha value is -1.99. The maximum Gasteiger partial charge on any atom is 0.156 e. The highest BCUT2D eigenvalue weighted by Gasteiger charge is 2.18. The first kappa shape index (κ1) is 16.9. The highest BCUT2D eigenvalue weighted by atomic mass is 16.5. The number of hydrogen-bond donors (Lipinski definition) is 0. The predicted octanol–water partition coefficient (Wildman–Crippen LogP) is 1.55. The highest BCUT2D eigenvalue weighted by Crippen LogP contribution is 2.15. The summed E-state index contributed by atoms with van der Waals surface area (Å²) < 4.78 is 7.34. The summed E-state index contributed by atoms with van der Waals surface area (Å²) in [6.07, 6.45) is 6.88. The molecule has 3 rings (SSSR count). The van der Waals surface area contributed by atoms with Crippen LogP contribution in [0.4, 0.5) is 5.82 Å². The van der Waals surface area contributed by atoms with Gasteiger partial charge in [0.05, 0.1) is 6.54 Å². The van der Waals surface area contributed by atoms with E-state index in [1.54, 1.807) is 7.11 Å². The van der Waals surface area contributed by atoms with Crippen LogP contribution in [0.25, 0.3) is 0 Å². The molecule has 0 aromatic carbocycles. The molecule has 0 spiro atoms. The zero-order valence-electron chi connectivity index (χ0n) is 14.6. The zero-order chi connectivity index (χ0) is 16.8. The maximum atomic E-state index is 5.13. The van der Waals surface area contributed by atoms with E-state index in [-0.39, 0.29) is 0 Å². The Morgan fingerprint density at radius 1 is 1.12 bits per heavy atom. The molecule has 1 aliphatic rings. The molecule has 1 fully saturated rings. The third kappa shape index (κ3) is 4.10. The lowest BCUT2D eigenvalue weighted by Crippen LogP contribution is -2.31. The number of rotatable bonds is 6. The van der Waals surface area contributed by atoms with Gasteiger partial charge in [-0.25, -0.2) is 15.0 Å². The van der Waals surface area contributed by atoms with Crippen molar-refractivity contribution in [2.24, 2.45) is 0 Å². The molecular weight excluding hydrogens is 304 g/mol. The van der Waals surface area contributed by atoms with Crippen LogP contribution in [0, 0.1) is 0 Å². The Kier molecular flexibility index (Phi) is 5.77. The van der Waals surface area contributed by atoms with E-state index in [1.807, 2.05) is 18.5 Å². The molecular formula is C17H26N6O. The van der Waals surface area contributed by atoms with Gasteiger partial charge >= 0.3 is 0 Å². The van der Waals surface area contributed by atoms with Gasteiger partial charge in [0.15, 0.2) is 5.82 Å². The van der Waals surface area contributed by atoms with E-state index in [4.69, 9.17) is 4.74 Å². The topological polar surface area (TPSA) is 59.3 Å². The minimum absolute atomic E-state index is 0.452. The Morgan fingerprint density at radius 2 is 2.04 bits per heavy atom. The molecule has 0 aliphatic carbocycles. The summed E-state index contributed by atoms with van der Waals surface area (Å²) in [6.45, 7) is 8.57. The molecule has 2 aromatic heterocycles. The van der Waals surface area contributed by atoms with Crippen molar-refractivity contribution in [3.05, 3.63) is 36.3 Å². The molecule has 3 heterocycles. The summed E-state index contributed by atoms with van der Waals surface area (Å²) >= 11 is 0. The SMILES string of the molecule is CCn1ccnc1CN1CCCN(c2ccnc(COC)n2)CC1. The maximum absolute atomic E-state index is 5.13. The molecule has 0 bridgehead atoms. The van der Waals surface area contributed by atoms with Crippen molar-refractivity contribution in [3.63, 3.8) is 0 Å². The van der Waals surface area contributed by atoms with Crippen LogP contribution >= 0.6 is 0 Å². The number of imidazole rings is 1. The lowest BCUT2D eigenvalue weighted by molar-refractivity contribution is 0.178. The number of anilines is 1. The summed E-state index contributed by atoms with van der Waals surface area (Å²) in [6, 6.07) is 1.98. The quantitative estimate of drug-likeness (QED) is 0.801. The van der Waals surface area contributed by atoms with Gasteiger partial charge in [-0.05, 0) is 19.4 Å². The Balaban J connectivity index is 1.61. The van der Waals surface area contributed by atoms with E-state index < -0.39 is 0 Å². The van der Waals surface area contributed by atoms with Gasteiger partial charge in [-0.15, -0.1) is 0 Å². The molecule has 0 saturated carbocycles. The van der Waals surface area contributed by atoms with Gasteiger partial charge < -0.3 is 14.2 Å². The minimum Gasteiger partial charge on any atom is -0.377 e. The predicted molar refractivity (Wildman–Crippen MR) is 92.8 cm³/mol. The van der Waals surface area contributed by atoms with Gasteiger partial charge in [0.1, 0.15) is 18.2 Å². The first-order valence-corrected chi connectivity index (χ1v) is 8.58. The number of aryl methyl sites for hydroxylation is 1. The van der Waals surface area contributed by atoms with Gasteiger partial charge in [0.25, 0.3) is 0 Å². The standard InChI is InChI=1S/C17H26N6O/c1-3-22-10-7-19-17(22)13-21-8-4-9-23(12-11-21)16-5-6-18-15(20-16)14-24-2/h5-7,10H,3-4,8-9,11-14H2,1-2H3. The summed E-state index contributed by atoms with van der Waals surface area (Å²) in [4.78, 5) is 18.2. The molecule has 24 heavy (non-hydrogen) atoms. The van der Waals surface area contributed by atoms with Gasteiger partial charge in [0, 0.05) is 58.4 Å². The third-order valence-corrected chi connectivity index (χ3v) is 4.38. The monoisotopic (exact) mass is 330 g/mol. The van der Waals surface area contributed by atoms with Crippen LogP contribution in [0.3, 0.4) is 0 Å². The molecule has 0 unspecified atom stereocenters. The van der Waals surface area contributed by atoms with E-state index >= 15 is 0 Å². The van der Waals surface area contributed by atoms with Crippen LogP contribution < -0.4 is 4.90 Å². The average Bonchev–Trinajstić information content (AvgIpc) is 2.91. The first-order chi connectivity index (χ1) is 11.8. The van der Waals surface area contributed by atoms with Crippen molar-refractivity contribution < 1.29 is 4.74 Å². The fourth-order valence-corrected chi connectivity index (χ4v) is 3.10. The molecule has 1 saturated heterocycles. The van der Waals surface area contributed by atoms with Crippen molar-refractivity contribution in [1.82, 2.24) is 24.4 Å². The Morgan fingerprint density at radius 3 is 2.88 bits per heavy atom. The van der Waals surface area contributed by atoms with Crippen molar-refractivity contribution >= 4 is 5.82 Å². The number of ether oxygens (including phenoxy) is 1.